The minimum Gasteiger partial charge on any atom is -0.759 e. The maximum absolute atomic E-state index is 8.52. The molecule has 0 unspecified atom stereocenters. The smallest absolute Gasteiger partial charge is 0.759 e. The minimum atomic E-state index is -5.17. The molecule has 9 nitrogen and oxygen atoms in total. The van der Waals surface area contributed by atoms with Gasteiger partial charge in [-0.1, -0.05) is 0 Å². The van der Waals surface area contributed by atoms with Crippen molar-refractivity contribution >= 4 is 20.8 Å². The topological polar surface area (TPSA) is 197 Å². The standard InChI is InChI=1S/H3N.Ni.2H2O4S/c;;2*1-5(2,3)4/h1H3;;2*(H2,1,2,3,4)/q;+3;;/p-3. The predicted molar refractivity (Wildman–Crippen MR) is 26.9 cm³/mol. The Morgan fingerprint density at radius 2 is 0.667 bits per heavy atom. The Balaban J connectivity index is -0.0000000457. The summed E-state index contributed by atoms with van der Waals surface area (Å²) in [5, 5.41) is 0. The first-order valence-electron chi connectivity index (χ1n) is 1.33. The monoisotopic (exact) mass is 268 g/mol. The maximum Gasteiger partial charge on any atom is 3.00 e. The molecular weight excluding hydrogens is 265 g/mol. The molecule has 0 aliphatic heterocycles. The summed E-state index contributed by atoms with van der Waals surface area (Å²) in [6.45, 7) is 0. The van der Waals surface area contributed by atoms with Gasteiger partial charge in [-0.15, -0.1) is 0 Å². The Labute approximate surface area is 78.8 Å². The van der Waals surface area contributed by atoms with Crippen molar-refractivity contribution in [2.24, 2.45) is 0 Å². The second kappa shape index (κ2) is 7.82. The zero-order valence-corrected chi connectivity index (χ0v) is 8.02. The summed E-state index contributed by atoms with van der Waals surface area (Å²) >= 11 is 0. The Hall–Kier alpha value is 0.194. The Morgan fingerprint density at radius 1 is 0.667 bits per heavy atom. The van der Waals surface area contributed by atoms with Crippen LogP contribution < -0.4 is 6.15 Å². The summed E-state index contributed by atoms with van der Waals surface area (Å²) in [6, 6.07) is 0. The van der Waals surface area contributed by atoms with Crippen molar-refractivity contribution in [1.82, 2.24) is 6.15 Å². The summed E-state index contributed by atoms with van der Waals surface area (Å²) in [7, 11) is -10.3. The van der Waals surface area contributed by atoms with Crippen LogP contribution in [0.5, 0.6) is 0 Å². The van der Waals surface area contributed by atoms with Crippen molar-refractivity contribution in [3.8, 4) is 0 Å². The van der Waals surface area contributed by atoms with E-state index in [1.54, 1.807) is 0 Å². The first-order chi connectivity index (χ1) is 4.00. The number of rotatable bonds is 0. The minimum absolute atomic E-state index is 0. The molecule has 0 bridgehead atoms. The normalized spacial score (nSPS) is 9.67. The van der Waals surface area contributed by atoms with Crippen LogP contribution in [-0.2, 0) is 37.3 Å². The van der Waals surface area contributed by atoms with Crippen molar-refractivity contribution < 1.29 is 51.5 Å². The predicted octanol–water partition coefficient (Wildman–Crippen LogP) is -2.30. The van der Waals surface area contributed by atoms with Crippen LogP contribution in [0.1, 0.15) is 0 Å². The first-order valence-corrected chi connectivity index (χ1v) is 4.00. The van der Waals surface area contributed by atoms with Gasteiger partial charge in [-0.05, 0) is 0 Å². The van der Waals surface area contributed by atoms with Crippen molar-refractivity contribution in [3.63, 3.8) is 0 Å². The molecule has 0 amide bonds. The van der Waals surface area contributed by atoms with E-state index in [0.29, 0.717) is 0 Å². The van der Waals surface area contributed by atoms with Crippen molar-refractivity contribution in [1.29, 1.82) is 0 Å². The van der Waals surface area contributed by atoms with Gasteiger partial charge in [0.1, 0.15) is 0 Å². The van der Waals surface area contributed by atoms with E-state index in [1.165, 1.54) is 0 Å². The third-order valence-electron chi connectivity index (χ3n) is 0. The number of quaternary nitrogens is 1. The summed E-state index contributed by atoms with van der Waals surface area (Å²) < 4.78 is 68.2. The van der Waals surface area contributed by atoms with Crippen molar-refractivity contribution in [2.45, 2.75) is 0 Å². The van der Waals surface area contributed by atoms with Crippen LogP contribution in [0.25, 0.3) is 0 Å². The van der Waals surface area contributed by atoms with Crippen LogP contribution in [0, 0.1) is 0 Å². The molecule has 4 N–H and O–H groups in total. The maximum atomic E-state index is 8.52. The zero-order chi connectivity index (χ0) is 9.00. The fraction of sp³-hybridized carbons (Fsp3) is 0. The third-order valence-corrected chi connectivity index (χ3v) is 0. The summed E-state index contributed by atoms with van der Waals surface area (Å²) in [5.41, 5.74) is 0. The Morgan fingerprint density at radius 3 is 0.667 bits per heavy atom. The van der Waals surface area contributed by atoms with Crippen LogP contribution in [-0.4, -0.2) is 35.0 Å². The third kappa shape index (κ3) is 23000. The molecule has 0 aromatic heterocycles. The van der Waals surface area contributed by atoms with E-state index in [4.69, 9.17) is 35.0 Å². The molecule has 0 atom stereocenters. The van der Waals surface area contributed by atoms with Gasteiger partial charge in [0.2, 0.25) is 0 Å². The van der Waals surface area contributed by atoms with Crippen LogP contribution in [0.15, 0.2) is 0 Å². The van der Waals surface area contributed by atoms with Gasteiger partial charge >= 0.3 is 16.5 Å². The number of hydrogen-bond donors (Lipinski definition) is 1. The van der Waals surface area contributed by atoms with Gasteiger partial charge in [0.05, 0.1) is 0 Å². The molecule has 0 aliphatic rings. The van der Waals surface area contributed by atoms with Gasteiger partial charge in [-0.3, -0.25) is 16.8 Å². The SMILES string of the molecule is O=S(=O)([O-])[O-].O=S(=O)([O-])[O-].[NH4+].[Ni+3]. The molecule has 12 heavy (non-hydrogen) atoms. The van der Waals surface area contributed by atoms with Crippen LogP contribution >= 0.6 is 0 Å². The molecule has 0 aromatic rings. The molecular formula is H4NNiO8S2. The van der Waals surface area contributed by atoms with E-state index in [-0.39, 0.29) is 22.6 Å². The molecule has 12 heteroatoms. The molecule has 0 spiro atoms. The molecule has 0 saturated heterocycles. The first kappa shape index (κ1) is 22.8. The van der Waals surface area contributed by atoms with Gasteiger partial charge < -0.3 is 24.4 Å². The molecule has 0 fully saturated rings. The quantitative estimate of drug-likeness (QED) is 0.287. The molecule has 0 heterocycles. The van der Waals surface area contributed by atoms with E-state index in [9.17, 15) is 0 Å². The van der Waals surface area contributed by atoms with E-state index >= 15 is 0 Å². The number of hydrogen-bond acceptors (Lipinski definition) is 8. The molecule has 0 aromatic carbocycles. The Bertz CT molecular complexity index is 213. The fourth-order valence-electron chi connectivity index (χ4n) is 0. The van der Waals surface area contributed by atoms with E-state index in [1.807, 2.05) is 0 Å². The van der Waals surface area contributed by atoms with Gasteiger partial charge in [0, 0.05) is 20.8 Å². The van der Waals surface area contributed by atoms with Crippen LogP contribution in [0.3, 0.4) is 0 Å². The van der Waals surface area contributed by atoms with Gasteiger partial charge in [0.15, 0.2) is 0 Å². The average molecular weight is 269 g/mol. The Kier molecular flexibility index (Phi) is 14.8. The van der Waals surface area contributed by atoms with E-state index < -0.39 is 20.8 Å². The second-order valence-corrected chi connectivity index (χ2v) is 2.45. The summed E-state index contributed by atoms with van der Waals surface area (Å²) in [6.07, 6.45) is 0. The molecule has 1 radical (unpaired) electrons. The van der Waals surface area contributed by atoms with Gasteiger partial charge in [-0.2, -0.15) is 0 Å². The second-order valence-electron chi connectivity index (χ2n) is 0.816. The molecule has 79 valence electrons. The largest absolute Gasteiger partial charge is 3.00 e. The van der Waals surface area contributed by atoms with E-state index in [0.717, 1.165) is 0 Å². The molecule has 0 rings (SSSR count). The average Bonchev–Trinajstić information content (AvgIpc) is 1.12. The van der Waals surface area contributed by atoms with Crippen molar-refractivity contribution in [3.05, 3.63) is 0 Å². The van der Waals surface area contributed by atoms with Crippen LogP contribution in [0.4, 0.5) is 0 Å². The van der Waals surface area contributed by atoms with Gasteiger partial charge in [0.25, 0.3) is 0 Å². The van der Waals surface area contributed by atoms with Crippen LogP contribution in [0.2, 0.25) is 0 Å². The molecule has 0 saturated carbocycles. The van der Waals surface area contributed by atoms with E-state index in [2.05, 4.69) is 0 Å². The zero-order valence-electron chi connectivity index (χ0n) is 5.40. The van der Waals surface area contributed by atoms with Crippen molar-refractivity contribution in [2.75, 3.05) is 0 Å². The molecule has 0 aliphatic carbocycles. The van der Waals surface area contributed by atoms with Gasteiger partial charge in [-0.25, -0.2) is 0 Å². The fourth-order valence-corrected chi connectivity index (χ4v) is 0. The summed E-state index contributed by atoms with van der Waals surface area (Å²) in [5.74, 6) is 0. The summed E-state index contributed by atoms with van der Waals surface area (Å²) in [4.78, 5) is 0.